The summed E-state index contributed by atoms with van der Waals surface area (Å²) in [5.41, 5.74) is 0. The summed E-state index contributed by atoms with van der Waals surface area (Å²) in [6, 6.07) is 0.613. The van der Waals surface area contributed by atoms with Gasteiger partial charge in [-0.15, -0.1) is 0 Å². The molecule has 2 nitrogen and oxygen atoms in total. The van der Waals surface area contributed by atoms with Crippen LogP contribution in [0.2, 0.25) is 0 Å². The summed E-state index contributed by atoms with van der Waals surface area (Å²) < 4.78 is 0. The van der Waals surface area contributed by atoms with Gasteiger partial charge >= 0.3 is 0 Å². The topological polar surface area (TPSA) is 24.4 Å². The van der Waals surface area contributed by atoms with Gasteiger partial charge in [-0.3, -0.25) is 10.3 Å². The Bertz CT molecular complexity index is 161. The Morgan fingerprint density at radius 2 is 1.92 bits per heavy atom. The molecule has 0 aromatic rings. The van der Waals surface area contributed by atoms with E-state index in [0.717, 1.165) is 6.67 Å². The van der Waals surface area contributed by atoms with Crippen LogP contribution >= 0.6 is 0 Å². The molecule has 2 unspecified atom stereocenters. The quantitative estimate of drug-likeness (QED) is 0.669. The zero-order chi connectivity index (χ0) is 9.14. The predicted molar refractivity (Wildman–Crippen MR) is 53.4 cm³/mol. The molecule has 1 heterocycles. The lowest BCUT2D eigenvalue weighted by Gasteiger charge is -2.33. The van der Waals surface area contributed by atoms with Gasteiger partial charge in [0.2, 0.25) is 0 Å². The Labute approximate surface area is 75.5 Å². The molecule has 2 heteroatoms. The van der Waals surface area contributed by atoms with Crippen molar-refractivity contribution in [1.82, 2.24) is 5.32 Å². The number of aliphatic imine (C=N–C) groups is 1. The van der Waals surface area contributed by atoms with Crippen molar-refractivity contribution in [3.05, 3.63) is 0 Å². The van der Waals surface area contributed by atoms with E-state index in [1.807, 2.05) is 0 Å². The SMILES string of the molecule is CC(C)C1C=NCNC1C(C)C. The van der Waals surface area contributed by atoms with Crippen LogP contribution in [0, 0.1) is 17.8 Å². The molecule has 1 aliphatic heterocycles. The number of hydrogen-bond acceptors (Lipinski definition) is 2. The number of rotatable bonds is 2. The molecule has 0 bridgehead atoms. The third-order valence-electron chi connectivity index (χ3n) is 2.60. The molecule has 0 aromatic heterocycles. The van der Waals surface area contributed by atoms with E-state index in [1.54, 1.807) is 0 Å². The highest BCUT2D eigenvalue weighted by molar-refractivity contribution is 5.63. The van der Waals surface area contributed by atoms with Crippen molar-refractivity contribution in [1.29, 1.82) is 0 Å². The van der Waals surface area contributed by atoms with Crippen LogP contribution in [0.15, 0.2) is 4.99 Å². The highest BCUT2D eigenvalue weighted by Crippen LogP contribution is 2.21. The summed E-state index contributed by atoms with van der Waals surface area (Å²) in [5, 5.41) is 3.45. The molecular weight excluding hydrogens is 148 g/mol. The zero-order valence-electron chi connectivity index (χ0n) is 8.54. The molecule has 12 heavy (non-hydrogen) atoms. The first-order valence-corrected chi connectivity index (χ1v) is 4.86. The first-order valence-electron chi connectivity index (χ1n) is 4.86. The fraction of sp³-hybridized carbons (Fsp3) is 0.900. The standard InChI is InChI=1S/C10H20N2/c1-7(2)9-5-11-6-12-10(9)8(3)4/h5,7-10,12H,6H2,1-4H3. The van der Waals surface area contributed by atoms with Crippen LogP contribution in [-0.4, -0.2) is 18.9 Å². The van der Waals surface area contributed by atoms with Crippen molar-refractivity contribution in [2.75, 3.05) is 6.67 Å². The zero-order valence-corrected chi connectivity index (χ0v) is 8.54. The summed E-state index contributed by atoms with van der Waals surface area (Å²) in [4.78, 5) is 4.28. The Kier molecular flexibility index (Phi) is 3.27. The number of hydrogen-bond donors (Lipinski definition) is 1. The van der Waals surface area contributed by atoms with Gasteiger partial charge in [0, 0.05) is 18.2 Å². The van der Waals surface area contributed by atoms with Gasteiger partial charge in [0.25, 0.3) is 0 Å². The summed E-state index contributed by atoms with van der Waals surface area (Å²) in [6.07, 6.45) is 2.13. The van der Waals surface area contributed by atoms with Crippen molar-refractivity contribution in [2.45, 2.75) is 33.7 Å². The largest absolute Gasteiger partial charge is 0.295 e. The van der Waals surface area contributed by atoms with Crippen LogP contribution in [-0.2, 0) is 0 Å². The molecule has 0 radical (unpaired) electrons. The molecule has 1 aliphatic rings. The van der Waals surface area contributed by atoms with Gasteiger partial charge < -0.3 is 0 Å². The molecule has 2 atom stereocenters. The van der Waals surface area contributed by atoms with Gasteiger partial charge in [0.15, 0.2) is 0 Å². The first-order chi connectivity index (χ1) is 5.63. The lowest BCUT2D eigenvalue weighted by Crippen LogP contribution is -2.46. The maximum Gasteiger partial charge on any atom is 0.0883 e. The van der Waals surface area contributed by atoms with Crippen LogP contribution in [0.5, 0.6) is 0 Å². The number of nitrogens with one attached hydrogen (secondary N) is 1. The smallest absolute Gasteiger partial charge is 0.0883 e. The third-order valence-corrected chi connectivity index (χ3v) is 2.60. The maximum absolute atomic E-state index is 4.28. The predicted octanol–water partition coefficient (Wildman–Crippen LogP) is 1.91. The molecule has 0 spiro atoms. The van der Waals surface area contributed by atoms with Crippen LogP contribution in [0.3, 0.4) is 0 Å². The molecular formula is C10H20N2. The maximum atomic E-state index is 4.28. The highest BCUT2D eigenvalue weighted by atomic mass is 15.1. The molecule has 0 amide bonds. The van der Waals surface area contributed by atoms with Crippen molar-refractivity contribution in [3.8, 4) is 0 Å². The fourth-order valence-corrected chi connectivity index (χ4v) is 1.83. The number of nitrogens with zero attached hydrogens (tertiary/aromatic N) is 1. The molecule has 70 valence electrons. The second-order valence-electron chi connectivity index (χ2n) is 4.29. The Morgan fingerprint density at radius 3 is 2.33 bits per heavy atom. The van der Waals surface area contributed by atoms with Gasteiger partial charge in [-0.25, -0.2) is 0 Å². The molecule has 0 fully saturated rings. The van der Waals surface area contributed by atoms with Crippen LogP contribution in [0.4, 0.5) is 0 Å². The highest BCUT2D eigenvalue weighted by Gasteiger charge is 2.26. The van der Waals surface area contributed by atoms with E-state index in [2.05, 4.69) is 44.2 Å². The first kappa shape index (κ1) is 9.72. The van der Waals surface area contributed by atoms with Crippen molar-refractivity contribution in [3.63, 3.8) is 0 Å². The van der Waals surface area contributed by atoms with Gasteiger partial charge in [0.1, 0.15) is 0 Å². The molecule has 1 N–H and O–H groups in total. The minimum atomic E-state index is 0.610. The molecule has 0 saturated heterocycles. The van der Waals surface area contributed by atoms with Crippen LogP contribution in [0.1, 0.15) is 27.7 Å². The van der Waals surface area contributed by atoms with E-state index < -0.39 is 0 Å². The Morgan fingerprint density at radius 1 is 1.25 bits per heavy atom. The summed E-state index contributed by atoms with van der Waals surface area (Å²) in [5.74, 6) is 2.00. The molecule has 0 aliphatic carbocycles. The monoisotopic (exact) mass is 168 g/mol. The third kappa shape index (κ3) is 2.07. The van der Waals surface area contributed by atoms with E-state index >= 15 is 0 Å². The molecule has 1 rings (SSSR count). The van der Waals surface area contributed by atoms with Gasteiger partial charge in [0.05, 0.1) is 6.67 Å². The average molecular weight is 168 g/mol. The summed E-state index contributed by atoms with van der Waals surface area (Å²) in [6.45, 7) is 9.86. The van der Waals surface area contributed by atoms with E-state index in [4.69, 9.17) is 0 Å². The summed E-state index contributed by atoms with van der Waals surface area (Å²) >= 11 is 0. The second-order valence-corrected chi connectivity index (χ2v) is 4.29. The van der Waals surface area contributed by atoms with Crippen molar-refractivity contribution >= 4 is 6.21 Å². The van der Waals surface area contributed by atoms with Gasteiger partial charge in [-0.1, -0.05) is 27.7 Å². The van der Waals surface area contributed by atoms with Crippen LogP contribution < -0.4 is 5.32 Å². The molecule has 0 saturated carbocycles. The molecule has 0 aromatic carbocycles. The van der Waals surface area contributed by atoms with Crippen LogP contribution in [0.25, 0.3) is 0 Å². The van der Waals surface area contributed by atoms with E-state index in [1.165, 1.54) is 0 Å². The lowest BCUT2D eigenvalue weighted by molar-refractivity contribution is 0.281. The van der Waals surface area contributed by atoms with Crippen molar-refractivity contribution < 1.29 is 0 Å². The fourth-order valence-electron chi connectivity index (χ4n) is 1.83. The summed E-state index contributed by atoms with van der Waals surface area (Å²) in [7, 11) is 0. The van der Waals surface area contributed by atoms with E-state index in [9.17, 15) is 0 Å². The Hall–Kier alpha value is -0.370. The Balaban J connectivity index is 2.65. The second kappa shape index (κ2) is 4.04. The van der Waals surface area contributed by atoms with E-state index in [0.29, 0.717) is 23.8 Å². The average Bonchev–Trinajstić information content (AvgIpc) is 2.04. The van der Waals surface area contributed by atoms with Crippen molar-refractivity contribution in [2.24, 2.45) is 22.7 Å². The minimum Gasteiger partial charge on any atom is -0.295 e. The van der Waals surface area contributed by atoms with E-state index in [-0.39, 0.29) is 0 Å². The normalized spacial score (nSPS) is 30.2. The van der Waals surface area contributed by atoms with Gasteiger partial charge in [-0.05, 0) is 11.8 Å². The van der Waals surface area contributed by atoms with Gasteiger partial charge in [-0.2, -0.15) is 0 Å². The lowest BCUT2D eigenvalue weighted by atomic mass is 9.83. The minimum absolute atomic E-state index is 0.610.